The summed E-state index contributed by atoms with van der Waals surface area (Å²) in [6, 6.07) is 15.1. The lowest BCUT2D eigenvalue weighted by molar-refractivity contribution is 0.0440. The van der Waals surface area contributed by atoms with E-state index in [1.807, 2.05) is 48.5 Å². The van der Waals surface area contributed by atoms with Crippen molar-refractivity contribution in [3.05, 3.63) is 70.2 Å². The van der Waals surface area contributed by atoms with Crippen LogP contribution < -0.4 is 15.0 Å². The lowest BCUT2D eigenvalue weighted by atomic mass is 10.2. The van der Waals surface area contributed by atoms with Crippen molar-refractivity contribution in [2.24, 2.45) is 0 Å². The molecule has 1 unspecified atom stereocenters. The van der Waals surface area contributed by atoms with Crippen LogP contribution in [-0.2, 0) is 0 Å². The van der Waals surface area contributed by atoms with Gasteiger partial charge in [-0.3, -0.25) is 14.3 Å². The van der Waals surface area contributed by atoms with Gasteiger partial charge >= 0.3 is 0 Å². The van der Waals surface area contributed by atoms with Crippen LogP contribution in [0.5, 0.6) is 11.5 Å². The monoisotopic (exact) mass is 508 g/mol. The van der Waals surface area contributed by atoms with Gasteiger partial charge in [-0.1, -0.05) is 23.7 Å². The van der Waals surface area contributed by atoms with Gasteiger partial charge in [0.25, 0.3) is 5.56 Å². The Morgan fingerprint density at radius 2 is 1.86 bits per heavy atom. The van der Waals surface area contributed by atoms with Crippen LogP contribution in [0, 0.1) is 0 Å². The quantitative estimate of drug-likeness (QED) is 0.412. The molecule has 2 aromatic carbocycles. The average molecular weight is 509 g/mol. The summed E-state index contributed by atoms with van der Waals surface area (Å²) < 4.78 is 14.4. The maximum Gasteiger partial charge on any atom is 0.275 e. The third-order valence-corrected chi connectivity index (χ3v) is 7.96. The number of likely N-dealkylation sites (N-methyl/N-ethyl adjacent to an activating group) is 1. The molecule has 0 saturated carbocycles. The van der Waals surface area contributed by atoms with Crippen LogP contribution in [0.25, 0.3) is 26.3 Å². The molecule has 0 spiro atoms. The van der Waals surface area contributed by atoms with E-state index < -0.39 is 0 Å². The standard InChI is InChI=1S/C26H25ClN4O3S/c1-29-8-10-30(11-9-29)14-20-15-33-23-12-19(6-7-22(23)34-20)31-16-28-21-13-24(35-25(21)26(31)32)17-2-4-18(27)5-3-17/h2-7,12-13,16,20H,8-11,14-15H2,1H3. The fourth-order valence-electron chi connectivity index (χ4n) is 4.51. The van der Waals surface area contributed by atoms with Gasteiger partial charge in [0, 0.05) is 48.7 Å². The minimum atomic E-state index is -0.107. The molecule has 180 valence electrons. The maximum atomic E-state index is 13.3. The second kappa shape index (κ2) is 9.28. The number of piperazine rings is 1. The van der Waals surface area contributed by atoms with E-state index in [1.54, 1.807) is 10.9 Å². The average Bonchev–Trinajstić information content (AvgIpc) is 3.31. The van der Waals surface area contributed by atoms with Crippen molar-refractivity contribution in [2.45, 2.75) is 6.10 Å². The minimum absolute atomic E-state index is 0.00472. The molecule has 4 heterocycles. The van der Waals surface area contributed by atoms with Gasteiger partial charge in [0.15, 0.2) is 11.5 Å². The first-order chi connectivity index (χ1) is 17.0. The fourth-order valence-corrected chi connectivity index (χ4v) is 5.69. The molecule has 0 aliphatic carbocycles. The summed E-state index contributed by atoms with van der Waals surface area (Å²) in [5, 5.41) is 0.680. The molecule has 0 N–H and O–H groups in total. The van der Waals surface area contributed by atoms with Gasteiger partial charge in [0.2, 0.25) is 0 Å². The topological polar surface area (TPSA) is 59.8 Å². The molecule has 4 aromatic rings. The Morgan fingerprint density at radius 1 is 1.06 bits per heavy atom. The number of rotatable bonds is 4. The number of aromatic nitrogens is 2. The molecule has 7 nitrogen and oxygen atoms in total. The van der Waals surface area contributed by atoms with E-state index in [0.717, 1.165) is 43.2 Å². The van der Waals surface area contributed by atoms with Crippen molar-refractivity contribution in [3.8, 4) is 27.6 Å². The zero-order valence-electron chi connectivity index (χ0n) is 19.3. The highest BCUT2D eigenvalue weighted by atomic mass is 35.5. The van der Waals surface area contributed by atoms with Gasteiger partial charge in [-0.2, -0.15) is 0 Å². The molecule has 0 bridgehead atoms. The largest absolute Gasteiger partial charge is 0.486 e. The normalized spacial score (nSPS) is 18.7. The highest BCUT2D eigenvalue weighted by Crippen LogP contribution is 2.35. The molecule has 2 aromatic heterocycles. The van der Waals surface area contributed by atoms with E-state index in [-0.39, 0.29) is 11.7 Å². The molecule has 0 radical (unpaired) electrons. The second-order valence-corrected chi connectivity index (χ2v) is 10.5. The molecule has 1 saturated heterocycles. The highest BCUT2D eigenvalue weighted by Gasteiger charge is 2.25. The van der Waals surface area contributed by atoms with Crippen LogP contribution in [0.3, 0.4) is 0 Å². The van der Waals surface area contributed by atoms with E-state index in [4.69, 9.17) is 21.1 Å². The zero-order chi connectivity index (χ0) is 23.9. The molecular weight excluding hydrogens is 484 g/mol. The molecule has 35 heavy (non-hydrogen) atoms. The Bertz CT molecular complexity index is 1430. The van der Waals surface area contributed by atoms with Crippen LogP contribution in [0.2, 0.25) is 5.02 Å². The van der Waals surface area contributed by atoms with E-state index >= 15 is 0 Å². The Kier molecular flexibility index (Phi) is 5.98. The summed E-state index contributed by atoms with van der Waals surface area (Å²) in [6.45, 7) is 5.58. The minimum Gasteiger partial charge on any atom is -0.486 e. The summed E-state index contributed by atoms with van der Waals surface area (Å²) >= 11 is 7.45. The van der Waals surface area contributed by atoms with Crippen molar-refractivity contribution in [2.75, 3.05) is 46.4 Å². The van der Waals surface area contributed by atoms with Crippen LogP contribution in [-0.4, -0.2) is 71.8 Å². The predicted octanol–water partition coefficient (Wildman–Crippen LogP) is 4.15. The summed E-state index contributed by atoms with van der Waals surface area (Å²) in [6.07, 6.45) is 1.57. The summed E-state index contributed by atoms with van der Waals surface area (Å²) in [4.78, 5) is 23.6. The van der Waals surface area contributed by atoms with Gasteiger partial charge < -0.3 is 14.4 Å². The lowest BCUT2D eigenvalue weighted by Gasteiger charge is -2.36. The first kappa shape index (κ1) is 22.5. The summed E-state index contributed by atoms with van der Waals surface area (Å²) in [7, 11) is 2.15. The number of hydrogen-bond acceptors (Lipinski definition) is 7. The molecule has 0 amide bonds. The van der Waals surface area contributed by atoms with E-state index in [0.29, 0.717) is 39.0 Å². The number of ether oxygens (including phenoxy) is 2. The number of halogens is 1. The molecule has 2 aliphatic heterocycles. The van der Waals surface area contributed by atoms with Gasteiger partial charge in [-0.25, -0.2) is 4.98 Å². The molecule has 2 aliphatic rings. The second-order valence-electron chi connectivity index (χ2n) is 9.04. The van der Waals surface area contributed by atoms with Gasteiger partial charge in [0.1, 0.15) is 23.7 Å². The van der Waals surface area contributed by atoms with Crippen molar-refractivity contribution in [1.29, 1.82) is 0 Å². The Morgan fingerprint density at radius 3 is 2.66 bits per heavy atom. The molecule has 1 fully saturated rings. The Hall–Kier alpha value is -2.91. The number of nitrogens with zero attached hydrogens (tertiary/aromatic N) is 4. The van der Waals surface area contributed by atoms with Crippen LogP contribution >= 0.6 is 22.9 Å². The van der Waals surface area contributed by atoms with E-state index in [9.17, 15) is 4.79 Å². The van der Waals surface area contributed by atoms with Crippen LogP contribution in [0.1, 0.15) is 0 Å². The Balaban J connectivity index is 1.23. The Labute approximate surface area is 212 Å². The molecule has 1 atom stereocenters. The fraction of sp³-hybridized carbons (Fsp3) is 0.308. The third-order valence-electron chi connectivity index (χ3n) is 6.55. The predicted molar refractivity (Wildman–Crippen MR) is 140 cm³/mol. The van der Waals surface area contributed by atoms with Crippen LogP contribution in [0.15, 0.2) is 59.7 Å². The number of benzene rings is 2. The number of fused-ring (bicyclic) bond motifs is 2. The first-order valence-electron chi connectivity index (χ1n) is 11.7. The summed E-state index contributed by atoms with van der Waals surface area (Å²) in [5.41, 5.74) is 2.29. The van der Waals surface area contributed by atoms with Crippen molar-refractivity contribution in [3.63, 3.8) is 0 Å². The van der Waals surface area contributed by atoms with Crippen molar-refractivity contribution in [1.82, 2.24) is 19.4 Å². The van der Waals surface area contributed by atoms with Gasteiger partial charge in [0.05, 0.1) is 11.2 Å². The molecule has 6 rings (SSSR count). The van der Waals surface area contributed by atoms with Gasteiger partial charge in [-0.15, -0.1) is 11.3 Å². The van der Waals surface area contributed by atoms with Crippen molar-refractivity contribution < 1.29 is 9.47 Å². The zero-order valence-corrected chi connectivity index (χ0v) is 20.9. The number of hydrogen-bond donors (Lipinski definition) is 0. The number of thiophene rings is 1. The van der Waals surface area contributed by atoms with Crippen LogP contribution in [0.4, 0.5) is 0 Å². The van der Waals surface area contributed by atoms with E-state index in [1.165, 1.54) is 11.3 Å². The third kappa shape index (κ3) is 4.54. The van der Waals surface area contributed by atoms with Gasteiger partial charge in [-0.05, 0) is 42.9 Å². The lowest BCUT2D eigenvalue weighted by Crippen LogP contribution is -2.49. The molecule has 9 heteroatoms. The molecular formula is C26H25ClN4O3S. The SMILES string of the molecule is CN1CCN(CC2COc3cc(-n4cnc5cc(-c6ccc(Cl)cc6)sc5c4=O)ccc3O2)CC1. The first-order valence-corrected chi connectivity index (χ1v) is 12.8. The smallest absolute Gasteiger partial charge is 0.275 e. The van der Waals surface area contributed by atoms with Crippen molar-refractivity contribution >= 4 is 33.2 Å². The highest BCUT2D eigenvalue weighted by molar-refractivity contribution is 7.22. The summed E-state index contributed by atoms with van der Waals surface area (Å²) in [5.74, 6) is 1.36. The van der Waals surface area contributed by atoms with E-state index in [2.05, 4.69) is 21.8 Å². The maximum absolute atomic E-state index is 13.3.